The number of hydrogen-bond donors (Lipinski definition) is 3. The lowest BCUT2D eigenvalue weighted by molar-refractivity contribution is -0.146. The van der Waals surface area contributed by atoms with E-state index >= 15 is 0 Å². The van der Waals surface area contributed by atoms with Gasteiger partial charge in [-0.2, -0.15) is 0 Å². The Hall–Kier alpha value is -1.63. The highest BCUT2D eigenvalue weighted by Gasteiger charge is 2.25. The largest absolute Gasteiger partial charge is 0.352 e. The van der Waals surface area contributed by atoms with Crippen molar-refractivity contribution in [3.63, 3.8) is 0 Å². The molecule has 0 radical (unpaired) electrons. The number of nitrogens with one attached hydrogen (secondary N) is 2. The number of hydrazine groups is 1. The molecule has 1 saturated carbocycles. The van der Waals surface area contributed by atoms with Crippen LogP contribution in [-0.4, -0.2) is 42.3 Å². The molecule has 1 fully saturated rings. The van der Waals surface area contributed by atoms with Crippen molar-refractivity contribution in [1.82, 2.24) is 15.6 Å². The van der Waals surface area contributed by atoms with Crippen LogP contribution in [0.25, 0.3) is 0 Å². The third kappa shape index (κ3) is 3.55. The maximum Gasteiger partial charge on any atom is 0.323 e. The molecule has 0 spiro atoms. The number of carbonyl (C=O) groups excluding carboxylic acids is 3. The van der Waals surface area contributed by atoms with E-state index in [4.69, 9.17) is 5.84 Å². The summed E-state index contributed by atoms with van der Waals surface area (Å²) in [4.78, 5) is 34.2. The number of hydrogen-bond acceptors (Lipinski definition) is 4. The number of nitrogens with zero attached hydrogens (tertiary/aromatic N) is 1. The lowest BCUT2D eigenvalue weighted by Crippen LogP contribution is -2.47. The minimum atomic E-state index is -0.934. The Morgan fingerprint density at radius 2 is 2.00 bits per heavy atom. The van der Waals surface area contributed by atoms with Crippen LogP contribution in [0, 0.1) is 0 Å². The Bertz CT molecular complexity index is 288. The van der Waals surface area contributed by atoms with Crippen molar-refractivity contribution in [2.75, 3.05) is 13.6 Å². The van der Waals surface area contributed by atoms with E-state index in [1.54, 1.807) is 5.43 Å². The zero-order valence-electron chi connectivity index (χ0n) is 8.45. The van der Waals surface area contributed by atoms with Gasteiger partial charge in [-0.05, 0) is 12.8 Å². The number of rotatable bonds is 3. The lowest BCUT2D eigenvalue weighted by atomic mass is 10.4. The summed E-state index contributed by atoms with van der Waals surface area (Å²) in [5, 5.41) is 2.70. The fraction of sp³-hybridized carbons (Fsp3) is 0.625. The summed E-state index contributed by atoms with van der Waals surface area (Å²) in [7, 11) is 1.37. The fourth-order valence-corrected chi connectivity index (χ4v) is 1.02. The van der Waals surface area contributed by atoms with Gasteiger partial charge in [-0.3, -0.25) is 19.8 Å². The molecule has 7 heteroatoms. The molecule has 0 atom stereocenters. The SMILES string of the molecule is CN(CC(=O)NC1CC1)C(=O)C(=O)NN. The van der Waals surface area contributed by atoms with Gasteiger partial charge in [0.1, 0.15) is 0 Å². The normalized spacial score (nSPS) is 14.3. The first-order chi connectivity index (χ1) is 7.04. The highest BCUT2D eigenvalue weighted by atomic mass is 16.2. The molecule has 1 aliphatic carbocycles. The van der Waals surface area contributed by atoms with Crippen LogP contribution in [-0.2, 0) is 14.4 Å². The number of nitrogens with two attached hydrogens (primary N) is 1. The lowest BCUT2D eigenvalue weighted by Gasteiger charge is -2.15. The quantitative estimate of drug-likeness (QED) is 0.213. The van der Waals surface area contributed by atoms with Gasteiger partial charge in [-0.1, -0.05) is 0 Å². The van der Waals surface area contributed by atoms with Crippen molar-refractivity contribution in [2.24, 2.45) is 5.84 Å². The van der Waals surface area contributed by atoms with Gasteiger partial charge in [0.15, 0.2) is 0 Å². The molecule has 0 heterocycles. The summed E-state index contributed by atoms with van der Waals surface area (Å²) in [6.07, 6.45) is 1.96. The summed E-state index contributed by atoms with van der Waals surface area (Å²) in [5.41, 5.74) is 1.71. The molecular weight excluding hydrogens is 200 g/mol. The highest BCUT2D eigenvalue weighted by Crippen LogP contribution is 2.18. The average molecular weight is 214 g/mol. The first-order valence-electron chi connectivity index (χ1n) is 4.60. The predicted octanol–water partition coefficient (Wildman–Crippen LogP) is -2.29. The molecule has 0 aromatic heterocycles. The van der Waals surface area contributed by atoms with E-state index in [1.165, 1.54) is 7.05 Å². The minimum Gasteiger partial charge on any atom is -0.352 e. The van der Waals surface area contributed by atoms with Gasteiger partial charge in [-0.25, -0.2) is 5.84 Å². The van der Waals surface area contributed by atoms with Crippen LogP contribution in [0.3, 0.4) is 0 Å². The van der Waals surface area contributed by atoms with Crippen molar-refractivity contribution in [3.8, 4) is 0 Å². The van der Waals surface area contributed by atoms with Gasteiger partial charge in [-0.15, -0.1) is 0 Å². The third-order valence-electron chi connectivity index (χ3n) is 2.00. The predicted molar refractivity (Wildman–Crippen MR) is 51.1 cm³/mol. The topological polar surface area (TPSA) is 105 Å². The van der Waals surface area contributed by atoms with E-state index in [9.17, 15) is 14.4 Å². The zero-order valence-corrected chi connectivity index (χ0v) is 8.45. The minimum absolute atomic E-state index is 0.136. The molecule has 3 amide bonds. The second kappa shape index (κ2) is 4.74. The molecule has 84 valence electrons. The Kier molecular flexibility index (Phi) is 3.62. The van der Waals surface area contributed by atoms with Gasteiger partial charge in [0, 0.05) is 13.1 Å². The van der Waals surface area contributed by atoms with E-state index in [0.29, 0.717) is 0 Å². The van der Waals surface area contributed by atoms with E-state index in [0.717, 1.165) is 17.7 Å². The number of carbonyl (C=O) groups is 3. The monoisotopic (exact) mass is 214 g/mol. The van der Waals surface area contributed by atoms with Crippen LogP contribution < -0.4 is 16.6 Å². The molecule has 0 aromatic carbocycles. The van der Waals surface area contributed by atoms with E-state index in [1.807, 2.05) is 0 Å². The first kappa shape index (κ1) is 11.4. The van der Waals surface area contributed by atoms with Crippen LogP contribution in [0.5, 0.6) is 0 Å². The standard InChI is InChI=1S/C8H14N4O3/c1-12(8(15)7(14)11-9)4-6(13)10-5-2-3-5/h5H,2-4,9H2,1H3,(H,10,13)(H,11,14). The van der Waals surface area contributed by atoms with Crippen molar-refractivity contribution in [1.29, 1.82) is 0 Å². The van der Waals surface area contributed by atoms with Gasteiger partial charge >= 0.3 is 11.8 Å². The molecule has 15 heavy (non-hydrogen) atoms. The molecule has 1 aliphatic rings. The van der Waals surface area contributed by atoms with E-state index in [-0.39, 0.29) is 18.5 Å². The molecule has 7 nitrogen and oxygen atoms in total. The second-order valence-electron chi connectivity index (χ2n) is 3.48. The van der Waals surface area contributed by atoms with Crippen LogP contribution in [0.2, 0.25) is 0 Å². The van der Waals surface area contributed by atoms with Crippen LogP contribution in [0.15, 0.2) is 0 Å². The van der Waals surface area contributed by atoms with Crippen molar-refractivity contribution < 1.29 is 14.4 Å². The van der Waals surface area contributed by atoms with Gasteiger partial charge in [0.25, 0.3) is 0 Å². The Balaban J connectivity index is 2.32. The Labute approximate surface area is 86.9 Å². The molecule has 0 aliphatic heterocycles. The Morgan fingerprint density at radius 1 is 1.40 bits per heavy atom. The zero-order chi connectivity index (χ0) is 11.4. The van der Waals surface area contributed by atoms with Crippen LogP contribution in [0.4, 0.5) is 0 Å². The molecular formula is C8H14N4O3. The molecule has 0 bridgehead atoms. The third-order valence-corrected chi connectivity index (χ3v) is 2.00. The van der Waals surface area contributed by atoms with E-state index < -0.39 is 11.8 Å². The van der Waals surface area contributed by atoms with Gasteiger partial charge < -0.3 is 10.2 Å². The van der Waals surface area contributed by atoms with Crippen molar-refractivity contribution in [2.45, 2.75) is 18.9 Å². The summed E-state index contributed by atoms with van der Waals surface area (Å²) in [6.45, 7) is -0.136. The molecule has 4 N–H and O–H groups in total. The summed E-state index contributed by atoms with van der Waals surface area (Å²) < 4.78 is 0. The number of likely N-dealkylation sites (N-methyl/N-ethyl adjacent to an activating group) is 1. The van der Waals surface area contributed by atoms with Crippen molar-refractivity contribution >= 4 is 17.7 Å². The van der Waals surface area contributed by atoms with Gasteiger partial charge in [0.05, 0.1) is 6.54 Å². The maximum atomic E-state index is 11.3. The maximum absolute atomic E-state index is 11.3. The molecule has 1 rings (SSSR count). The molecule has 0 saturated heterocycles. The van der Waals surface area contributed by atoms with Crippen LogP contribution >= 0.6 is 0 Å². The smallest absolute Gasteiger partial charge is 0.323 e. The Morgan fingerprint density at radius 3 is 2.47 bits per heavy atom. The van der Waals surface area contributed by atoms with Crippen LogP contribution in [0.1, 0.15) is 12.8 Å². The average Bonchev–Trinajstić information content (AvgIpc) is 2.98. The van der Waals surface area contributed by atoms with E-state index in [2.05, 4.69) is 5.32 Å². The van der Waals surface area contributed by atoms with Crippen molar-refractivity contribution in [3.05, 3.63) is 0 Å². The second-order valence-corrected chi connectivity index (χ2v) is 3.48. The summed E-state index contributed by atoms with van der Waals surface area (Å²) >= 11 is 0. The molecule has 0 unspecified atom stereocenters. The number of amides is 3. The molecule has 0 aromatic rings. The summed E-state index contributed by atoms with van der Waals surface area (Å²) in [5.74, 6) is 2.76. The summed E-state index contributed by atoms with van der Waals surface area (Å²) in [6, 6.07) is 0.240. The highest BCUT2D eigenvalue weighted by molar-refractivity contribution is 6.35. The van der Waals surface area contributed by atoms with Gasteiger partial charge in [0.2, 0.25) is 5.91 Å². The fourth-order valence-electron chi connectivity index (χ4n) is 1.02. The first-order valence-corrected chi connectivity index (χ1v) is 4.60.